The fourth-order valence-electron chi connectivity index (χ4n) is 3.96. The lowest BCUT2D eigenvalue weighted by Gasteiger charge is -2.32. The zero-order chi connectivity index (χ0) is 16.8. The highest BCUT2D eigenvalue weighted by atomic mass is 16.2. The van der Waals surface area contributed by atoms with Crippen molar-refractivity contribution in [3.63, 3.8) is 0 Å². The van der Waals surface area contributed by atoms with Crippen LogP contribution in [0.2, 0.25) is 0 Å². The summed E-state index contributed by atoms with van der Waals surface area (Å²) in [5.74, 6) is 0.980. The second-order valence-electron chi connectivity index (χ2n) is 7.31. The number of piperidine rings is 1. The summed E-state index contributed by atoms with van der Waals surface area (Å²) >= 11 is 0. The van der Waals surface area contributed by atoms with Crippen molar-refractivity contribution in [3.8, 4) is 0 Å². The molecule has 0 saturated carbocycles. The monoisotopic (exact) mass is 329 g/mol. The Labute approximate surface area is 146 Å². The number of nitrogens with zero attached hydrogens (tertiary/aromatic N) is 2. The summed E-state index contributed by atoms with van der Waals surface area (Å²) in [6.07, 6.45) is 6.12. The fourth-order valence-corrected chi connectivity index (χ4v) is 3.96. The molecule has 4 heteroatoms. The Morgan fingerprint density at radius 2 is 1.92 bits per heavy atom. The van der Waals surface area contributed by atoms with Gasteiger partial charge in [0.2, 0.25) is 0 Å². The van der Waals surface area contributed by atoms with Crippen LogP contribution in [0.15, 0.2) is 24.3 Å². The van der Waals surface area contributed by atoms with Crippen LogP contribution < -0.4 is 5.32 Å². The molecular weight excluding hydrogens is 298 g/mol. The molecule has 2 heterocycles. The van der Waals surface area contributed by atoms with Crippen molar-refractivity contribution in [2.75, 3.05) is 39.8 Å². The van der Waals surface area contributed by atoms with Gasteiger partial charge in [0.1, 0.15) is 0 Å². The predicted octanol–water partition coefficient (Wildman–Crippen LogP) is 2.74. The van der Waals surface area contributed by atoms with Crippen molar-refractivity contribution < 1.29 is 4.79 Å². The molecule has 0 aliphatic carbocycles. The average Bonchev–Trinajstić information content (AvgIpc) is 3.13. The van der Waals surface area contributed by atoms with E-state index in [9.17, 15) is 4.79 Å². The SMILES string of the molecule is CNCCC1CCN(C(=O)c2cccc(CN3CCCC3)c2)CC1. The number of nitrogens with one attached hydrogen (secondary N) is 1. The normalized spacial score (nSPS) is 19.8. The fraction of sp³-hybridized carbons (Fsp3) is 0.650. The Balaban J connectivity index is 1.55. The molecular formula is C20H31N3O. The van der Waals surface area contributed by atoms with Crippen molar-refractivity contribution in [1.29, 1.82) is 0 Å². The van der Waals surface area contributed by atoms with E-state index in [-0.39, 0.29) is 5.91 Å². The van der Waals surface area contributed by atoms with E-state index in [0.717, 1.165) is 50.5 Å². The van der Waals surface area contributed by atoms with E-state index in [2.05, 4.69) is 22.3 Å². The van der Waals surface area contributed by atoms with Gasteiger partial charge in [0.15, 0.2) is 0 Å². The lowest BCUT2D eigenvalue weighted by atomic mass is 9.93. The number of carbonyl (C=O) groups is 1. The predicted molar refractivity (Wildman–Crippen MR) is 98.1 cm³/mol. The van der Waals surface area contributed by atoms with Crippen LogP contribution in [0.5, 0.6) is 0 Å². The van der Waals surface area contributed by atoms with Gasteiger partial charge in [-0.3, -0.25) is 9.69 Å². The third kappa shape index (κ3) is 4.58. The molecule has 1 amide bonds. The smallest absolute Gasteiger partial charge is 0.253 e. The molecule has 0 spiro atoms. The molecule has 24 heavy (non-hydrogen) atoms. The summed E-state index contributed by atoms with van der Waals surface area (Å²) in [5.41, 5.74) is 2.13. The standard InChI is InChI=1S/C20H31N3O/c1-21-10-7-17-8-13-23(14-9-17)20(24)19-6-4-5-18(15-19)16-22-11-2-3-12-22/h4-6,15,17,21H,2-3,7-14,16H2,1H3. The highest BCUT2D eigenvalue weighted by molar-refractivity contribution is 5.94. The summed E-state index contributed by atoms with van der Waals surface area (Å²) in [5, 5.41) is 3.23. The van der Waals surface area contributed by atoms with Gasteiger partial charge in [-0.2, -0.15) is 0 Å². The molecule has 0 aromatic heterocycles. The summed E-state index contributed by atoms with van der Waals surface area (Å²) in [6, 6.07) is 8.27. The van der Waals surface area contributed by atoms with Gasteiger partial charge in [0.05, 0.1) is 0 Å². The highest BCUT2D eigenvalue weighted by Gasteiger charge is 2.23. The third-order valence-corrected chi connectivity index (χ3v) is 5.48. The number of benzene rings is 1. The van der Waals surface area contributed by atoms with Crippen LogP contribution in [0.4, 0.5) is 0 Å². The summed E-state index contributed by atoms with van der Waals surface area (Å²) in [7, 11) is 2.01. The Hall–Kier alpha value is -1.39. The zero-order valence-electron chi connectivity index (χ0n) is 15.0. The Kier molecular flexibility index (Phi) is 6.27. The van der Waals surface area contributed by atoms with E-state index in [1.165, 1.54) is 37.9 Å². The second-order valence-corrected chi connectivity index (χ2v) is 7.31. The number of amides is 1. The highest BCUT2D eigenvalue weighted by Crippen LogP contribution is 2.22. The first kappa shape index (κ1) is 17.4. The maximum atomic E-state index is 12.8. The van der Waals surface area contributed by atoms with Crippen LogP contribution in [-0.2, 0) is 6.54 Å². The molecule has 0 atom stereocenters. The molecule has 1 N–H and O–H groups in total. The second kappa shape index (κ2) is 8.63. The minimum Gasteiger partial charge on any atom is -0.339 e. The molecule has 3 rings (SSSR count). The molecule has 4 nitrogen and oxygen atoms in total. The van der Waals surface area contributed by atoms with Crippen LogP contribution in [-0.4, -0.2) is 55.5 Å². The van der Waals surface area contributed by atoms with E-state index in [1.807, 2.05) is 24.1 Å². The molecule has 0 radical (unpaired) electrons. The summed E-state index contributed by atoms with van der Waals surface area (Å²) in [4.78, 5) is 17.3. The quantitative estimate of drug-likeness (QED) is 0.872. The number of likely N-dealkylation sites (tertiary alicyclic amines) is 2. The van der Waals surface area contributed by atoms with E-state index < -0.39 is 0 Å². The number of carbonyl (C=O) groups excluding carboxylic acids is 1. The van der Waals surface area contributed by atoms with Gasteiger partial charge in [-0.15, -0.1) is 0 Å². The van der Waals surface area contributed by atoms with Gasteiger partial charge in [-0.25, -0.2) is 0 Å². The van der Waals surface area contributed by atoms with Gasteiger partial charge in [-0.05, 0) is 82.4 Å². The Morgan fingerprint density at radius 3 is 2.62 bits per heavy atom. The first-order chi connectivity index (χ1) is 11.8. The number of rotatable bonds is 6. The molecule has 2 fully saturated rings. The van der Waals surface area contributed by atoms with E-state index in [0.29, 0.717) is 0 Å². The molecule has 0 unspecified atom stereocenters. The minimum absolute atomic E-state index is 0.213. The maximum Gasteiger partial charge on any atom is 0.253 e. The molecule has 2 aliphatic heterocycles. The molecule has 1 aromatic carbocycles. The van der Waals surface area contributed by atoms with Crippen molar-refractivity contribution >= 4 is 5.91 Å². The lowest BCUT2D eigenvalue weighted by molar-refractivity contribution is 0.0687. The summed E-state index contributed by atoms with van der Waals surface area (Å²) < 4.78 is 0. The van der Waals surface area contributed by atoms with Gasteiger partial charge >= 0.3 is 0 Å². The van der Waals surface area contributed by atoms with Crippen LogP contribution in [0.25, 0.3) is 0 Å². The largest absolute Gasteiger partial charge is 0.339 e. The van der Waals surface area contributed by atoms with Crippen molar-refractivity contribution in [2.45, 2.75) is 38.6 Å². The maximum absolute atomic E-state index is 12.8. The van der Waals surface area contributed by atoms with Crippen LogP contribution in [0.1, 0.15) is 48.0 Å². The minimum atomic E-state index is 0.213. The lowest BCUT2D eigenvalue weighted by Crippen LogP contribution is -2.39. The van der Waals surface area contributed by atoms with Crippen molar-refractivity contribution in [3.05, 3.63) is 35.4 Å². The third-order valence-electron chi connectivity index (χ3n) is 5.48. The van der Waals surface area contributed by atoms with Gasteiger partial charge < -0.3 is 10.2 Å². The van der Waals surface area contributed by atoms with Crippen LogP contribution >= 0.6 is 0 Å². The Morgan fingerprint density at radius 1 is 1.17 bits per heavy atom. The van der Waals surface area contributed by atoms with Crippen LogP contribution in [0.3, 0.4) is 0 Å². The van der Waals surface area contributed by atoms with Crippen LogP contribution in [0, 0.1) is 5.92 Å². The topological polar surface area (TPSA) is 35.6 Å². The molecule has 0 bridgehead atoms. The number of hydrogen-bond acceptors (Lipinski definition) is 3. The van der Waals surface area contributed by atoms with E-state index in [1.54, 1.807) is 0 Å². The van der Waals surface area contributed by atoms with Gasteiger partial charge in [0.25, 0.3) is 5.91 Å². The average molecular weight is 329 g/mol. The van der Waals surface area contributed by atoms with Gasteiger partial charge in [-0.1, -0.05) is 12.1 Å². The molecule has 2 saturated heterocycles. The summed E-state index contributed by atoms with van der Waals surface area (Å²) in [6.45, 7) is 6.26. The first-order valence-corrected chi connectivity index (χ1v) is 9.51. The van der Waals surface area contributed by atoms with Crippen molar-refractivity contribution in [2.24, 2.45) is 5.92 Å². The number of hydrogen-bond donors (Lipinski definition) is 1. The molecule has 1 aromatic rings. The van der Waals surface area contributed by atoms with Crippen molar-refractivity contribution in [1.82, 2.24) is 15.1 Å². The van der Waals surface area contributed by atoms with E-state index >= 15 is 0 Å². The van der Waals surface area contributed by atoms with Gasteiger partial charge in [0, 0.05) is 25.2 Å². The zero-order valence-corrected chi connectivity index (χ0v) is 15.0. The molecule has 132 valence electrons. The first-order valence-electron chi connectivity index (χ1n) is 9.51. The van der Waals surface area contributed by atoms with E-state index in [4.69, 9.17) is 0 Å². The Bertz CT molecular complexity index is 531. The molecule has 2 aliphatic rings.